The van der Waals surface area contributed by atoms with Crippen LogP contribution >= 0.6 is 11.6 Å². The molecule has 0 aromatic heterocycles. The molecule has 0 unspecified atom stereocenters. The number of rotatable bonds is 6. The Bertz CT molecular complexity index is 855. The fraction of sp³-hybridized carbons (Fsp3) is 0.176. The number of esters is 1. The molecule has 9 heteroatoms. The molecule has 0 aliphatic carbocycles. The zero-order valence-electron chi connectivity index (χ0n) is 13.9. The molecule has 1 N–H and O–H groups in total. The molecule has 26 heavy (non-hydrogen) atoms. The van der Waals surface area contributed by atoms with E-state index in [2.05, 4.69) is 5.32 Å². The molecule has 136 valence electrons. The summed E-state index contributed by atoms with van der Waals surface area (Å²) in [7, 11) is 1.36. The lowest BCUT2D eigenvalue weighted by atomic mass is 10.2. The Morgan fingerprint density at radius 2 is 1.96 bits per heavy atom. The number of carbonyl (C=O) groups is 2. The SMILES string of the molecule is COc1ccc([N+](=O)[O-])cc1NC(=O)[C@H](C)OC(=O)c1cccc(Cl)c1. The van der Waals surface area contributed by atoms with Gasteiger partial charge in [0, 0.05) is 17.2 Å². The van der Waals surface area contributed by atoms with Gasteiger partial charge in [0.05, 0.1) is 23.3 Å². The molecule has 1 atom stereocenters. The quantitative estimate of drug-likeness (QED) is 0.468. The maximum Gasteiger partial charge on any atom is 0.338 e. The molecule has 8 nitrogen and oxygen atoms in total. The van der Waals surface area contributed by atoms with Gasteiger partial charge in [-0.05, 0) is 31.2 Å². The predicted octanol–water partition coefficient (Wildman–Crippen LogP) is 3.44. The molecule has 0 fully saturated rings. The average molecular weight is 379 g/mol. The highest BCUT2D eigenvalue weighted by Crippen LogP contribution is 2.29. The largest absolute Gasteiger partial charge is 0.495 e. The molecule has 0 aliphatic heterocycles. The first-order valence-corrected chi connectivity index (χ1v) is 7.79. The molecule has 0 heterocycles. The molecular formula is C17H15ClN2O6. The summed E-state index contributed by atoms with van der Waals surface area (Å²) in [5.41, 5.74) is 0.0760. The molecule has 0 spiro atoms. The Kier molecular flexibility index (Phi) is 6.13. The van der Waals surface area contributed by atoms with Gasteiger partial charge in [0.2, 0.25) is 0 Å². The summed E-state index contributed by atoms with van der Waals surface area (Å²) in [6, 6.07) is 9.86. The van der Waals surface area contributed by atoms with Crippen molar-refractivity contribution in [3.05, 3.63) is 63.2 Å². The second-order valence-electron chi connectivity index (χ2n) is 5.19. The lowest BCUT2D eigenvalue weighted by molar-refractivity contribution is -0.384. The molecule has 2 aromatic carbocycles. The van der Waals surface area contributed by atoms with Gasteiger partial charge < -0.3 is 14.8 Å². The van der Waals surface area contributed by atoms with E-state index in [1.807, 2.05) is 0 Å². The van der Waals surface area contributed by atoms with Crippen molar-refractivity contribution in [2.24, 2.45) is 0 Å². The standard InChI is InChI=1S/C17H15ClN2O6/c1-10(26-17(22)11-4-3-5-12(18)8-11)16(21)19-14-9-13(20(23)24)6-7-15(14)25-2/h3-10H,1-2H3,(H,19,21)/t10-/m0/s1. The molecule has 2 rings (SSSR count). The van der Waals surface area contributed by atoms with E-state index in [-0.39, 0.29) is 22.7 Å². The molecular weight excluding hydrogens is 364 g/mol. The van der Waals surface area contributed by atoms with Crippen LogP contribution in [0.3, 0.4) is 0 Å². The minimum Gasteiger partial charge on any atom is -0.495 e. The number of nitrogens with zero attached hydrogens (tertiary/aromatic N) is 1. The predicted molar refractivity (Wildman–Crippen MR) is 94.6 cm³/mol. The minimum atomic E-state index is -1.15. The summed E-state index contributed by atoms with van der Waals surface area (Å²) in [6.45, 7) is 1.38. The Morgan fingerprint density at radius 1 is 1.23 bits per heavy atom. The van der Waals surface area contributed by atoms with Gasteiger partial charge in [0.15, 0.2) is 6.10 Å². The second-order valence-corrected chi connectivity index (χ2v) is 5.63. The molecule has 1 amide bonds. The molecule has 0 saturated heterocycles. The van der Waals surface area contributed by atoms with Crippen LogP contribution in [0.2, 0.25) is 5.02 Å². The third-order valence-corrected chi connectivity index (χ3v) is 3.60. The van der Waals surface area contributed by atoms with Crippen LogP contribution in [0.25, 0.3) is 0 Å². The monoisotopic (exact) mass is 378 g/mol. The summed E-state index contributed by atoms with van der Waals surface area (Å²) < 4.78 is 10.2. The number of hydrogen-bond acceptors (Lipinski definition) is 6. The number of nitrogens with one attached hydrogen (secondary N) is 1. The van der Waals surface area contributed by atoms with E-state index in [0.717, 1.165) is 6.07 Å². The first-order valence-electron chi connectivity index (χ1n) is 7.41. The van der Waals surface area contributed by atoms with Gasteiger partial charge in [-0.1, -0.05) is 17.7 Å². The van der Waals surface area contributed by atoms with E-state index in [9.17, 15) is 19.7 Å². The molecule has 2 aromatic rings. The van der Waals surface area contributed by atoms with E-state index in [4.69, 9.17) is 21.1 Å². The zero-order valence-corrected chi connectivity index (χ0v) is 14.6. The Labute approximate surface area is 153 Å². The third kappa shape index (κ3) is 4.70. The third-order valence-electron chi connectivity index (χ3n) is 3.37. The van der Waals surface area contributed by atoms with Gasteiger partial charge in [0.25, 0.3) is 11.6 Å². The van der Waals surface area contributed by atoms with Crippen LogP contribution in [0.5, 0.6) is 5.75 Å². The van der Waals surface area contributed by atoms with Crippen LogP contribution in [0.15, 0.2) is 42.5 Å². The average Bonchev–Trinajstić information content (AvgIpc) is 2.61. The van der Waals surface area contributed by atoms with E-state index in [1.54, 1.807) is 12.1 Å². The Morgan fingerprint density at radius 3 is 2.58 bits per heavy atom. The van der Waals surface area contributed by atoms with Crippen molar-refractivity contribution in [1.82, 2.24) is 0 Å². The van der Waals surface area contributed by atoms with Gasteiger partial charge >= 0.3 is 5.97 Å². The highest BCUT2D eigenvalue weighted by atomic mass is 35.5. The number of halogens is 1. The van der Waals surface area contributed by atoms with Crippen molar-refractivity contribution in [2.45, 2.75) is 13.0 Å². The van der Waals surface area contributed by atoms with Crippen LogP contribution in [-0.2, 0) is 9.53 Å². The number of nitro groups is 1. The van der Waals surface area contributed by atoms with Gasteiger partial charge in [0.1, 0.15) is 5.75 Å². The van der Waals surface area contributed by atoms with Crippen molar-refractivity contribution in [3.63, 3.8) is 0 Å². The van der Waals surface area contributed by atoms with Crippen LogP contribution in [0.4, 0.5) is 11.4 Å². The Balaban J connectivity index is 2.10. The first-order chi connectivity index (χ1) is 12.3. The normalized spacial score (nSPS) is 11.3. The molecule has 0 radical (unpaired) electrons. The van der Waals surface area contributed by atoms with Crippen molar-refractivity contribution >= 4 is 34.9 Å². The summed E-state index contributed by atoms with van der Waals surface area (Å²) in [6.07, 6.45) is -1.15. The smallest absolute Gasteiger partial charge is 0.338 e. The van der Waals surface area contributed by atoms with Gasteiger partial charge in [-0.3, -0.25) is 14.9 Å². The van der Waals surface area contributed by atoms with Crippen molar-refractivity contribution in [3.8, 4) is 5.75 Å². The van der Waals surface area contributed by atoms with Crippen LogP contribution in [0.1, 0.15) is 17.3 Å². The summed E-state index contributed by atoms with van der Waals surface area (Å²) in [4.78, 5) is 34.6. The highest BCUT2D eigenvalue weighted by Gasteiger charge is 2.21. The van der Waals surface area contributed by atoms with E-state index in [1.165, 1.54) is 38.3 Å². The highest BCUT2D eigenvalue weighted by molar-refractivity contribution is 6.30. The topological polar surface area (TPSA) is 108 Å². The molecule has 0 saturated carbocycles. The van der Waals surface area contributed by atoms with E-state index < -0.39 is 22.9 Å². The lowest BCUT2D eigenvalue weighted by Crippen LogP contribution is -2.30. The number of nitro benzene ring substituents is 1. The summed E-state index contributed by atoms with van der Waals surface area (Å²) >= 11 is 5.81. The number of non-ortho nitro benzene ring substituents is 1. The number of methoxy groups -OCH3 is 1. The maximum absolute atomic E-state index is 12.3. The van der Waals surface area contributed by atoms with Gasteiger partial charge in [-0.25, -0.2) is 4.79 Å². The number of benzene rings is 2. The number of hydrogen-bond donors (Lipinski definition) is 1. The zero-order chi connectivity index (χ0) is 19.3. The van der Waals surface area contributed by atoms with Crippen LogP contribution in [-0.4, -0.2) is 30.0 Å². The maximum atomic E-state index is 12.3. The number of anilines is 1. The molecule has 0 aliphatic rings. The fourth-order valence-corrected chi connectivity index (χ4v) is 2.23. The van der Waals surface area contributed by atoms with Crippen molar-refractivity contribution < 1.29 is 24.0 Å². The van der Waals surface area contributed by atoms with Crippen molar-refractivity contribution in [2.75, 3.05) is 12.4 Å². The first kappa shape index (κ1) is 19.2. The lowest BCUT2D eigenvalue weighted by Gasteiger charge is -2.15. The van der Waals surface area contributed by atoms with Gasteiger partial charge in [-0.2, -0.15) is 0 Å². The number of amides is 1. The summed E-state index contributed by atoms with van der Waals surface area (Å²) in [5, 5.41) is 13.7. The van der Waals surface area contributed by atoms with E-state index in [0.29, 0.717) is 5.02 Å². The number of carbonyl (C=O) groups excluding carboxylic acids is 2. The molecule has 0 bridgehead atoms. The summed E-state index contributed by atoms with van der Waals surface area (Å²) in [5.74, 6) is -1.15. The number of ether oxygens (including phenoxy) is 2. The Hall–Kier alpha value is -3.13. The fourth-order valence-electron chi connectivity index (χ4n) is 2.04. The van der Waals surface area contributed by atoms with Crippen molar-refractivity contribution in [1.29, 1.82) is 0 Å². The van der Waals surface area contributed by atoms with Gasteiger partial charge in [-0.15, -0.1) is 0 Å². The second kappa shape index (κ2) is 8.30. The van der Waals surface area contributed by atoms with Crippen LogP contribution in [0, 0.1) is 10.1 Å². The van der Waals surface area contributed by atoms with Crippen LogP contribution < -0.4 is 10.1 Å². The van der Waals surface area contributed by atoms with E-state index >= 15 is 0 Å². The minimum absolute atomic E-state index is 0.0948.